The van der Waals surface area contributed by atoms with E-state index in [0.717, 1.165) is 0 Å². The number of halogens is 1. The summed E-state index contributed by atoms with van der Waals surface area (Å²) in [5, 5.41) is 0. The van der Waals surface area contributed by atoms with Crippen molar-refractivity contribution in [2.45, 2.75) is 27.7 Å². The van der Waals surface area contributed by atoms with Crippen LogP contribution in [0.4, 0.5) is 4.70 Å². The van der Waals surface area contributed by atoms with Gasteiger partial charge in [-0.15, -0.1) is 0 Å². The zero-order chi connectivity index (χ0) is 5.58. The van der Waals surface area contributed by atoms with Crippen molar-refractivity contribution >= 4 is 0 Å². The van der Waals surface area contributed by atoms with Gasteiger partial charge in [0.25, 0.3) is 0 Å². The Hall–Kier alpha value is 0.514. The van der Waals surface area contributed by atoms with Gasteiger partial charge in [-0.2, -0.15) is 27.7 Å². The second-order valence-electron chi connectivity index (χ2n) is 1.50. The molecule has 8 heavy (non-hydrogen) atoms. The van der Waals surface area contributed by atoms with E-state index in [4.69, 9.17) is 0 Å². The Bertz CT molecular complexity index is 13.2. The molecule has 0 unspecified atom stereocenters. The van der Waals surface area contributed by atoms with Gasteiger partial charge in [0, 0.05) is 0 Å². The van der Waals surface area contributed by atoms with E-state index in [-0.39, 0.29) is 23.3 Å². The SMILES string of the molecule is C[C-](C)C.F.[CH2-]C.[V+2]. The Morgan fingerprint density at radius 1 is 1.00 bits per heavy atom. The van der Waals surface area contributed by atoms with Crippen LogP contribution in [0.25, 0.3) is 0 Å². The summed E-state index contributed by atoms with van der Waals surface area (Å²) in [5.41, 5.74) is 0. The molecule has 0 amide bonds. The summed E-state index contributed by atoms with van der Waals surface area (Å²) in [6.07, 6.45) is 0. The molecule has 0 rings (SSSR count). The predicted octanol–water partition coefficient (Wildman–Crippen LogP) is 2.61. The Morgan fingerprint density at radius 3 is 1.00 bits per heavy atom. The molecular weight excluding hydrogens is 142 g/mol. The number of rotatable bonds is 0. The first-order valence-electron chi connectivity index (χ1n) is 2.21. The topological polar surface area (TPSA) is 0 Å². The molecule has 0 aromatic rings. The monoisotopic (exact) mass is 157 g/mol. The molecule has 0 fully saturated rings. The van der Waals surface area contributed by atoms with Crippen LogP contribution < -0.4 is 0 Å². The molecule has 0 bridgehead atoms. The van der Waals surface area contributed by atoms with Crippen LogP contribution in [0.15, 0.2) is 0 Å². The van der Waals surface area contributed by atoms with Gasteiger partial charge in [-0.1, -0.05) is 0 Å². The third-order valence-electron chi connectivity index (χ3n) is 0. The molecule has 0 aromatic heterocycles. The van der Waals surface area contributed by atoms with Crippen LogP contribution in [-0.4, -0.2) is 0 Å². The van der Waals surface area contributed by atoms with Crippen LogP contribution in [0.2, 0.25) is 0 Å². The second-order valence-corrected chi connectivity index (χ2v) is 1.50. The molecule has 0 aromatic carbocycles. The van der Waals surface area contributed by atoms with Crippen LogP contribution in [0.5, 0.6) is 0 Å². The minimum atomic E-state index is 0. The van der Waals surface area contributed by atoms with Crippen molar-refractivity contribution in [3.8, 4) is 0 Å². The Kier molecular flexibility index (Phi) is 76.1. The molecule has 2 heteroatoms. The summed E-state index contributed by atoms with van der Waals surface area (Å²) in [6.45, 7) is 11.2. The first kappa shape index (κ1) is 23.6. The van der Waals surface area contributed by atoms with Crippen molar-refractivity contribution in [1.29, 1.82) is 0 Å². The van der Waals surface area contributed by atoms with E-state index in [0.29, 0.717) is 0 Å². The molecule has 0 aliphatic carbocycles. The van der Waals surface area contributed by atoms with Gasteiger partial charge < -0.3 is 12.8 Å². The van der Waals surface area contributed by atoms with Crippen molar-refractivity contribution in [2.75, 3.05) is 0 Å². The molecule has 0 saturated heterocycles. The smallest absolute Gasteiger partial charge is 0.346 e. The maximum Gasteiger partial charge on any atom is 2.00 e. The fourth-order valence-electron chi connectivity index (χ4n) is 0. The molecule has 1 radical (unpaired) electrons. The van der Waals surface area contributed by atoms with Crippen molar-refractivity contribution in [2.24, 2.45) is 0 Å². The van der Waals surface area contributed by atoms with E-state index in [1.54, 1.807) is 6.92 Å². The summed E-state index contributed by atoms with van der Waals surface area (Å²) in [6, 6.07) is 0. The molecule has 0 nitrogen and oxygen atoms in total. The zero-order valence-electron chi connectivity index (χ0n) is 6.06. The normalized spacial score (nSPS) is 5.25. The number of hydrogen-bond acceptors (Lipinski definition) is 0. The van der Waals surface area contributed by atoms with Crippen molar-refractivity contribution in [3.05, 3.63) is 12.8 Å². The van der Waals surface area contributed by atoms with Gasteiger partial charge in [-0.25, -0.2) is 0 Å². The van der Waals surface area contributed by atoms with Crippen molar-refractivity contribution in [1.82, 2.24) is 0 Å². The second kappa shape index (κ2) is 25.8. The van der Waals surface area contributed by atoms with Crippen LogP contribution in [0, 0.1) is 12.8 Å². The third kappa shape index (κ3) is 749. The summed E-state index contributed by atoms with van der Waals surface area (Å²) in [5.74, 6) is 1.42. The molecule has 0 atom stereocenters. The minimum Gasteiger partial charge on any atom is -0.346 e. The molecule has 0 heterocycles. The Labute approximate surface area is 64.3 Å². The van der Waals surface area contributed by atoms with E-state index >= 15 is 0 Å². The van der Waals surface area contributed by atoms with E-state index in [2.05, 4.69) is 27.7 Å². The van der Waals surface area contributed by atoms with Gasteiger partial charge in [0.2, 0.25) is 0 Å². The van der Waals surface area contributed by atoms with E-state index in [9.17, 15) is 0 Å². The van der Waals surface area contributed by atoms with E-state index in [1.165, 1.54) is 5.92 Å². The van der Waals surface area contributed by atoms with Gasteiger partial charge in [-0.05, 0) is 0 Å². The van der Waals surface area contributed by atoms with Gasteiger partial charge in [0.1, 0.15) is 0 Å². The van der Waals surface area contributed by atoms with E-state index in [1.807, 2.05) is 0 Å². The standard InChI is InChI=1S/C4H9.C2H5.FH.V/c1-4(2)3;1-2;;/h1-3H3;1H2,2H3;1H;/q2*-1;;+2. The molecule has 51 valence electrons. The maximum atomic E-state index is 3.25. The fraction of sp³-hybridized carbons (Fsp3) is 0.667. The zero-order valence-corrected chi connectivity index (χ0v) is 7.46. The van der Waals surface area contributed by atoms with E-state index < -0.39 is 0 Å². The summed E-state index contributed by atoms with van der Waals surface area (Å²) < 4.78 is 0. The molecule has 0 N–H and O–H groups in total. The Balaban J connectivity index is -0.0000000183. The van der Waals surface area contributed by atoms with Crippen LogP contribution >= 0.6 is 0 Å². The van der Waals surface area contributed by atoms with Crippen LogP contribution in [-0.2, 0) is 18.6 Å². The molecule has 0 saturated carbocycles. The first-order valence-corrected chi connectivity index (χ1v) is 2.21. The van der Waals surface area contributed by atoms with Gasteiger partial charge >= 0.3 is 18.6 Å². The molecular formula is C6H15FV. The first-order chi connectivity index (χ1) is 2.73. The van der Waals surface area contributed by atoms with Gasteiger partial charge in [0.05, 0.1) is 0 Å². The fourth-order valence-corrected chi connectivity index (χ4v) is 0. The molecule has 0 aliphatic rings. The van der Waals surface area contributed by atoms with Crippen LogP contribution in [0.1, 0.15) is 27.7 Å². The predicted molar refractivity (Wildman–Crippen MR) is 33.8 cm³/mol. The van der Waals surface area contributed by atoms with Crippen molar-refractivity contribution < 1.29 is 23.3 Å². The van der Waals surface area contributed by atoms with Crippen molar-refractivity contribution in [3.63, 3.8) is 0 Å². The van der Waals surface area contributed by atoms with Gasteiger partial charge in [-0.3, -0.25) is 4.70 Å². The van der Waals surface area contributed by atoms with Gasteiger partial charge in [0.15, 0.2) is 0 Å². The minimum absolute atomic E-state index is 0. The Morgan fingerprint density at radius 2 is 1.00 bits per heavy atom. The average molecular weight is 157 g/mol. The average Bonchev–Trinajstić information content (AvgIpc) is 1.41. The largest absolute Gasteiger partial charge is 2.00 e. The molecule has 0 spiro atoms. The summed E-state index contributed by atoms with van der Waals surface area (Å²) >= 11 is 0. The summed E-state index contributed by atoms with van der Waals surface area (Å²) in [7, 11) is 0. The maximum absolute atomic E-state index is 3.25. The van der Waals surface area contributed by atoms with Crippen LogP contribution in [0.3, 0.4) is 0 Å². The molecule has 0 aliphatic heterocycles. The quantitative estimate of drug-likeness (QED) is 0.474. The number of hydrogen-bond donors (Lipinski definition) is 0. The third-order valence-corrected chi connectivity index (χ3v) is 0. The summed E-state index contributed by atoms with van der Waals surface area (Å²) in [4.78, 5) is 0.